The zero-order chi connectivity index (χ0) is 15.4. The molecule has 5 rings (SSSR count). The first-order valence-corrected chi connectivity index (χ1v) is 8.67. The largest absolute Gasteiger partial charge is 0.420 e. The monoisotopic (exact) mass is 307 g/mol. The fourth-order valence-corrected chi connectivity index (χ4v) is 5.08. The van der Waals surface area contributed by atoms with Gasteiger partial charge in [0.1, 0.15) is 0 Å². The summed E-state index contributed by atoms with van der Waals surface area (Å²) < 4.78 is 6.16. The molecule has 0 N–H and O–H groups in total. The topological polar surface area (TPSA) is 51.8 Å². The molecule has 0 spiro atoms. The number of aryl methyl sites for hydroxylation is 1. The third-order valence-electron chi connectivity index (χ3n) is 5.98. The van der Waals surface area contributed by atoms with E-state index in [2.05, 4.69) is 27.3 Å². The maximum atomic E-state index is 6.16. The Morgan fingerprint density at radius 2 is 2.17 bits per heavy atom. The highest BCUT2D eigenvalue weighted by atomic mass is 16.4. The first kappa shape index (κ1) is 13.5. The number of aromatic nitrogens is 3. The van der Waals surface area contributed by atoms with Crippen LogP contribution in [0.3, 0.4) is 0 Å². The van der Waals surface area contributed by atoms with E-state index in [1.165, 1.54) is 32.1 Å². The number of fused-ring (bicyclic) bond motifs is 2. The molecule has 2 aromatic heterocycles. The second-order valence-electron chi connectivity index (χ2n) is 7.68. The number of allylic oxidation sites excluding steroid dienone is 2. The van der Waals surface area contributed by atoms with E-state index in [4.69, 9.17) is 4.42 Å². The molecule has 2 fully saturated rings. The summed E-state index contributed by atoms with van der Waals surface area (Å²) in [6.45, 7) is 2.03. The number of nitrogens with zero attached hydrogens (tertiary/aromatic N) is 3. The van der Waals surface area contributed by atoms with Gasteiger partial charge in [0.05, 0.1) is 11.0 Å². The summed E-state index contributed by atoms with van der Waals surface area (Å²) in [5.74, 6) is 3.04. The van der Waals surface area contributed by atoms with Gasteiger partial charge in [-0.1, -0.05) is 11.6 Å². The molecule has 2 saturated carbocycles. The van der Waals surface area contributed by atoms with Gasteiger partial charge in [0, 0.05) is 12.4 Å². The Morgan fingerprint density at radius 1 is 1.22 bits per heavy atom. The molecular weight excluding hydrogens is 286 g/mol. The molecule has 23 heavy (non-hydrogen) atoms. The summed E-state index contributed by atoms with van der Waals surface area (Å²) >= 11 is 0. The van der Waals surface area contributed by atoms with Crippen LogP contribution >= 0.6 is 0 Å². The van der Waals surface area contributed by atoms with Crippen molar-refractivity contribution < 1.29 is 4.42 Å². The van der Waals surface area contributed by atoms with Crippen molar-refractivity contribution in [2.75, 3.05) is 0 Å². The van der Waals surface area contributed by atoms with Gasteiger partial charge in [-0.3, -0.25) is 4.98 Å². The van der Waals surface area contributed by atoms with Gasteiger partial charge in [0.15, 0.2) is 0 Å². The minimum absolute atomic E-state index is 0.0995. The quantitative estimate of drug-likeness (QED) is 0.780. The first-order valence-electron chi connectivity index (χ1n) is 8.67. The minimum Gasteiger partial charge on any atom is -0.420 e. The van der Waals surface area contributed by atoms with Crippen LogP contribution in [-0.4, -0.2) is 15.2 Å². The van der Waals surface area contributed by atoms with E-state index in [-0.39, 0.29) is 5.41 Å². The lowest BCUT2D eigenvalue weighted by atomic mass is 9.69. The van der Waals surface area contributed by atoms with Gasteiger partial charge in [0.25, 0.3) is 0 Å². The van der Waals surface area contributed by atoms with Gasteiger partial charge in [-0.2, -0.15) is 0 Å². The van der Waals surface area contributed by atoms with Gasteiger partial charge >= 0.3 is 0 Å². The van der Waals surface area contributed by atoms with E-state index >= 15 is 0 Å². The predicted octanol–water partition coefficient (Wildman–Crippen LogP) is 4.22. The summed E-state index contributed by atoms with van der Waals surface area (Å²) in [6, 6.07) is 2.05. The molecule has 3 unspecified atom stereocenters. The van der Waals surface area contributed by atoms with E-state index in [9.17, 15) is 0 Å². The fourth-order valence-electron chi connectivity index (χ4n) is 5.08. The number of hydrogen-bond donors (Lipinski definition) is 0. The summed E-state index contributed by atoms with van der Waals surface area (Å²) in [5.41, 5.74) is 3.79. The van der Waals surface area contributed by atoms with Crippen molar-refractivity contribution in [3.63, 3.8) is 0 Å². The number of pyridine rings is 1. The van der Waals surface area contributed by atoms with E-state index in [1.807, 2.05) is 13.1 Å². The highest BCUT2D eigenvalue weighted by molar-refractivity contribution is 5.51. The van der Waals surface area contributed by atoms with Crippen molar-refractivity contribution in [1.29, 1.82) is 0 Å². The lowest BCUT2D eigenvalue weighted by molar-refractivity contribution is 0.189. The van der Waals surface area contributed by atoms with Crippen molar-refractivity contribution in [2.24, 2.45) is 11.8 Å². The average Bonchev–Trinajstić information content (AvgIpc) is 3.08. The van der Waals surface area contributed by atoms with Crippen molar-refractivity contribution in [1.82, 2.24) is 15.2 Å². The lowest BCUT2D eigenvalue weighted by Gasteiger charge is -2.34. The van der Waals surface area contributed by atoms with Crippen LogP contribution in [0.5, 0.6) is 0 Å². The number of rotatable bonds is 2. The Bertz CT molecular complexity index is 793. The molecule has 0 radical (unpaired) electrons. The molecule has 3 aliphatic rings. The summed E-state index contributed by atoms with van der Waals surface area (Å²) in [7, 11) is 0. The molecule has 3 aliphatic carbocycles. The van der Waals surface area contributed by atoms with Crippen LogP contribution in [-0.2, 0) is 5.41 Å². The van der Waals surface area contributed by atoms with Gasteiger partial charge in [-0.25, -0.2) is 0 Å². The normalized spacial score (nSPS) is 32.0. The highest BCUT2D eigenvalue weighted by Gasteiger charge is 2.52. The third-order valence-corrected chi connectivity index (χ3v) is 5.98. The van der Waals surface area contributed by atoms with Crippen LogP contribution in [0.2, 0.25) is 0 Å². The van der Waals surface area contributed by atoms with E-state index in [1.54, 1.807) is 11.8 Å². The van der Waals surface area contributed by atoms with Crippen molar-refractivity contribution in [3.05, 3.63) is 41.6 Å². The van der Waals surface area contributed by atoms with Gasteiger partial charge < -0.3 is 4.42 Å². The predicted molar refractivity (Wildman–Crippen MR) is 86.7 cm³/mol. The molecule has 2 heterocycles. The highest BCUT2D eigenvalue weighted by Crippen LogP contribution is 2.58. The zero-order valence-electron chi connectivity index (χ0n) is 13.5. The summed E-state index contributed by atoms with van der Waals surface area (Å²) in [5, 5.41) is 8.80. The zero-order valence-corrected chi connectivity index (χ0v) is 13.5. The standard InChI is InChI=1S/C19H21N3O/c1-12-5-16(11-20-10-12)17-21-22-18(23-17)19-7-13-3-2-4-14(8-19)15(6-13)9-19/h4-5,10-11,13,15H,2-3,6-9H2,1H3. The first-order chi connectivity index (χ1) is 11.2. The van der Waals surface area contributed by atoms with Crippen LogP contribution in [0.25, 0.3) is 11.5 Å². The van der Waals surface area contributed by atoms with E-state index in [0.29, 0.717) is 5.89 Å². The molecule has 0 aliphatic heterocycles. The molecule has 3 atom stereocenters. The van der Waals surface area contributed by atoms with E-state index in [0.717, 1.165) is 35.3 Å². The molecule has 4 nitrogen and oxygen atoms in total. The summed E-state index contributed by atoms with van der Waals surface area (Å²) in [4.78, 5) is 4.24. The molecule has 118 valence electrons. The van der Waals surface area contributed by atoms with Gasteiger partial charge in [-0.05, 0) is 68.9 Å². The van der Waals surface area contributed by atoms with E-state index < -0.39 is 0 Å². The number of hydrogen-bond acceptors (Lipinski definition) is 4. The maximum absolute atomic E-state index is 6.16. The maximum Gasteiger partial charge on any atom is 0.249 e. The molecule has 3 bridgehead atoms. The van der Waals surface area contributed by atoms with Crippen molar-refractivity contribution in [2.45, 2.75) is 50.9 Å². The summed E-state index contributed by atoms with van der Waals surface area (Å²) in [6.07, 6.45) is 13.6. The van der Waals surface area contributed by atoms with Crippen LogP contribution in [0.4, 0.5) is 0 Å². The fraction of sp³-hybridized carbons (Fsp3) is 0.526. The van der Waals surface area contributed by atoms with Gasteiger partial charge in [0.2, 0.25) is 11.8 Å². The Morgan fingerprint density at radius 3 is 3.09 bits per heavy atom. The van der Waals surface area contributed by atoms with Crippen molar-refractivity contribution >= 4 is 0 Å². The SMILES string of the molecule is Cc1cncc(-c2nnc(C34CC5=CCCC(CC5C3)C4)o2)c1. The van der Waals surface area contributed by atoms with Crippen LogP contribution in [0.15, 0.2) is 34.5 Å². The lowest BCUT2D eigenvalue weighted by Crippen LogP contribution is -2.31. The Kier molecular flexibility index (Phi) is 2.79. The van der Waals surface area contributed by atoms with Crippen molar-refractivity contribution in [3.8, 4) is 11.5 Å². The third kappa shape index (κ3) is 2.07. The Hall–Kier alpha value is -1.97. The Balaban J connectivity index is 1.53. The van der Waals surface area contributed by atoms with Crippen LogP contribution < -0.4 is 0 Å². The minimum atomic E-state index is 0.0995. The Labute approximate surface area is 136 Å². The van der Waals surface area contributed by atoms with Crippen LogP contribution in [0.1, 0.15) is 50.0 Å². The average molecular weight is 307 g/mol. The smallest absolute Gasteiger partial charge is 0.249 e. The molecule has 2 aromatic rings. The molecule has 4 heteroatoms. The van der Waals surface area contributed by atoms with Crippen LogP contribution in [0, 0.1) is 18.8 Å². The second kappa shape index (κ2) is 4.76. The molecule has 0 amide bonds. The molecule has 0 saturated heterocycles. The molecule has 0 aromatic carbocycles. The van der Waals surface area contributed by atoms with Gasteiger partial charge in [-0.15, -0.1) is 10.2 Å². The second-order valence-corrected chi connectivity index (χ2v) is 7.68. The molecular formula is C19H21N3O.